The first-order valence-electron chi connectivity index (χ1n) is 6.86. The Morgan fingerprint density at radius 1 is 1.53 bits per heavy atom. The van der Waals surface area contributed by atoms with Gasteiger partial charge in [-0.1, -0.05) is 0 Å². The highest BCUT2D eigenvalue weighted by molar-refractivity contribution is 5.52. The Kier molecular flexibility index (Phi) is 4.79. The normalized spacial score (nSPS) is 19.2. The zero-order valence-corrected chi connectivity index (χ0v) is 11.7. The Bertz CT molecular complexity index is 406. The monoisotopic (exact) mass is 265 g/mol. The van der Waals surface area contributed by atoms with E-state index >= 15 is 0 Å². The Balaban J connectivity index is 2.02. The Labute approximate surface area is 114 Å². The first-order valence-corrected chi connectivity index (χ1v) is 6.86. The lowest BCUT2D eigenvalue weighted by molar-refractivity contribution is 0.0576. The molecule has 0 spiro atoms. The highest BCUT2D eigenvalue weighted by Gasteiger charge is 2.17. The number of ether oxygens (including phenoxy) is 1. The van der Waals surface area contributed by atoms with E-state index in [2.05, 4.69) is 20.2 Å². The lowest BCUT2D eigenvalue weighted by atomic mass is 10.0. The maximum absolute atomic E-state index is 5.75. The summed E-state index contributed by atoms with van der Waals surface area (Å²) in [4.78, 5) is 10.6. The molecule has 1 aliphatic rings. The minimum Gasteiger partial charge on any atom is -0.381 e. The van der Waals surface area contributed by atoms with Gasteiger partial charge in [0, 0.05) is 32.8 Å². The average Bonchev–Trinajstić information content (AvgIpc) is 2.39. The maximum Gasteiger partial charge on any atom is 0.223 e. The fraction of sp³-hybridized carbons (Fsp3) is 0.692. The molecule has 0 aliphatic carbocycles. The predicted octanol–water partition coefficient (Wildman–Crippen LogP) is 1.35. The van der Waals surface area contributed by atoms with Crippen molar-refractivity contribution in [3.63, 3.8) is 0 Å². The summed E-state index contributed by atoms with van der Waals surface area (Å²) < 4.78 is 5.51. The van der Waals surface area contributed by atoms with Crippen LogP contribution in [0.5, 0.6) is 0 Å². The number of hydrogen-bond donors (Lipinski definition) is 2. The third-order valence-corrected chi connectivity index (χ3v) is 3.27. The molecule has 1 aromatic heterocycles. The first kappa shape index (κ1) is 13.9. The largest absolute Gasteiger partial charge is 0.381 e. The van der Waals surface area contributed by atoms with E-state index in [1.807, 2.05) is 20.0 Å². The van der Waals surface area contributed by atoms with Gasteiger partial charge in [0.05, 0.1) is 6.61 Å². The molecule has 6 nitrogen and oxygen atoms in total. The molecule has 0 saturated carbocycles. The van der Waals surface area contributed by atoms with Crippen molar-refractivity contribution in [2.24, 2.45) is 5.92 Å². The minimum atomic E-state index is 0.306. The molecule has 1 saturated heterocycles. The Hall–Kier alpha value is -1.56. The van der Waals surface area contributed by atoms with E-state index in [1.54, 1.807) is 0 Å². The molecule has 1 fully saturated rings. The van der Waals surface area contributed by atoms with Crippen LogP contribution in [0.3, 0.4) is 0 Å². The molecule has 19 heavy (non-hydrogen) atoms. The van der Waals surface area contributed by atoms with Crippen LogP contribution in [0.1, 0.15) is 19.8 Å². The topological polar surface area (TPSA) is 76.3 Å². The van der Waals surface area contributed by atoms with E-state index in [-0.39, 0.29) is 0 Å². The molecular weight excluding hydrogens is 242 g/mol. The highest BCUT2D eigenvalue weighted by atomic mass is 16.5. The number of nitrogen functional groups attached to an aromatic ring is 1. The van der Waals surface area contributed by atoms with Gasteiger partial charge in [0.15, 0.2) is 0 Å². The molecule has 2 heterocycles. The summed E-state index contributed by atoms with van der Waals surface area (Å²) in [5.41, 5.74) is 5.75. The van der Waals surface area contributed by atoms with Crippen LogP contribution in [0.4, 0.5) is 17.6 Å². The molecule has 106 valence electrons. The molecule has 2 rings (SSSR count). The van der Waals surface area contributed by atoms with Crippen molar-refractivity contribution in [1.82, 2.24) is 9.97 Å². The van der Waals surface area contributed by atoms with E-state index in [1.165, 1.54) is 6.42 Å². The predicted molar refractivity (Wildman–Crippen MR) is 77.4 cm³/mol. The summed E-state index contributed by atoms with van der Waals surface area (Å²) in [6.07, 6.45) is 2.36. The lowest BCUT2D eigenvalue weighted by Gasteiger charge is -2.28. The summed E-state index contributed by atoms with van der Waals surface area (Å²) in [7, 11) is 2.03. The number of nitrogens with zero attached hydrogens (tertiary/aromatic N) is 3. The van der Waals surface area contributed by atoms with Crippen LogP contribution < -0.4 is 16.0 Å². The number of nitrogens with one attached hydrogen (secondary N) is 1. The summed E-state index contributed by atoms with van der Waals surface area (Å²) in [6, 6.07) is 1.93. The van der Waals surface area contributed by atoms with Gasteiger partial charge in [0.25, 0.3) is 0 Å². The third kappa shape index (κ3) is 3.96. The number of nitrogens with two attached hydrogens (primary N) is 1. The van der Waals surface area contributed by atoms with Crippen molar-refractivity contribution in [3.8, 4) is 0 Å². The molecule has 1 unspecified atom stereocenters. The van der Waals surface area contributed by atoms with Crippen LogP contribution in [0.2, 0.25) is 0 Å². The van der Waals surface area contributed by atoms with Gasteiger partial charge >= 0.3 is 0 Å². The van der Waals surface area contributed by atoms with E-state index in [0.29, 0.717) is 11.9 Å². The highest BCUT2D eigenvalue weighted by Crippen LogP contribution is 2.20. The standard InChI is InChI=1S/C13H23N5O/c1-3-15-11-7-12(17-13(14)16-11)18(2)8-10-5-4-6-19-9-10/h7,10H,3-6,8-9H2,1-2H3,(H3,14,15,16,17). The second kappa shape index (κ2) is 6.56. The SMILES string of the molecule is CCNc1cc(N(C)CC2CCCOC2)nc(N)n1. The molecule has 0 radical (unpaired) electrons. The van der Waals surface area contributed by atoms with Gasteiger partial charge in [-0.2, -0.15) is 9.97 Å². The molecule has 1 atom stereocenters. The quantitative estimate of drug-likeness (QED) is 0.837. The summed E-state index contributed by atoms with van der Waals surface area (Å²) in [6.45, 7) is 5.51. The molecular formula is C13H23N5O. The van der Waals surface area contributed by atoms with Crippen molar-refractivity contribution >= 4 is 17.6 Å². The summed E-state index contributed by atoms with van der Waals surface area (Å²) in [5.74, 6) is 2.50. The average molecular weight is 265 g/mol. The second-order valence-electron chi connectivity index (χ2n) is 4.96. The van der Waals surface area contributed by atoms with Gasteiger partial charge in [-0.25, -0.2) is 0 Å². The number of rotatable bonds is 5. The van der Waals surface area contributed by atoms with E-state index in [0.717, 1.165) is 44.4 Å². The lowest BCUT2D eigenvalue weighted by Crippen LogP contribution is -2.31. The maximum atomic E-state index is 5.75. The minimum absolute atomic E-state index is 0.306. The van der Waals surface area contributed by atoms with E-state index in [9.17, 15) is 0 Å². The van der Waals surface area contributed by atoms with Gasteiger partial charge < -0.3 is 20.7 Å². The van der Waals surface area contributed by atoms with Gasteiger partial charge in [-0.3, -0.25) is 0 Å². The fourth-order valence-corrected chi connectivity index (χ4v) is 2.35. The number of aromatic nitrogens is 2. The molecule has 6 heteroatoms. The Morgan fingerprint density at radius 2 is 2.37 bits per heavy atom. The zero-order chi connectivity index (χ0) is 13.7. The van der Waals surface area contributed by atoms with E-state index in [4.69, 9.17) is 10.5 Å². The van der Waals surface area contributed by atoms with Crippen molar-refractivity contribution in [3.05, 3.63) is 6.07 Å². The molecule has 1 aromatic rings. The van der Waals surface area contributed by atoms with Crippen molar-refractivity contribution in [1.29, 1.82) is 0 Å². The number of hydrogen-bond acceptors (Lipinski definition) is 6. The zero-order valence-electron chi connectivity index (χ0n) is 11.7. The first-order chi connectivity index (χ1) is 9.19. The van der Waals surface area contributed by atoms with Crippen LogP contribution in [0.25, 0.3) is 0 Å². The number of anilines is 3. The van der Waals surface area contributed by atoms with Crippen LogP contribution in [-0.2, 0) is 4.74 Å². The van der Waals surface area contributed by atoms with Crippen LogP contribution in [0.15, 0.2) is 6.07 Å². The molecule has 0 amide bonds. The van der Waals surface area contributed by atoms with Gasteiger partial charge in [0.2, 0.25) is 5.95 Å². The summed E-state index contributed by atoms with van der Waals surface area (Å²) in [5, 5.41) is 3.16. The Morgan fingerprint density at radius 3 is 3.05 bits per heavy atom. The van der Waals surface area contributed by atoms with Crippen molar-refractivity contribution < 1.29 is 4.74 Å². The molecule has 1 aliphatic heterocycles. The van der Waals surface area contributed by atoms with Crippen LogP contribution >= 0.6 is 0 Å². The molecule has 0 bridgehead atoms. The fourth-order valence-electron chi connectivity index (χ4n) is 2.35. The van der Waals surface area contributed by atoms with Gasteiger partial charge in [-0.15, -0.1) is 0 Å². The second-order valence-corrected chi connectivity index (χ2v) is 4.96. The van der Waals surface area contributed by atoms with Crippen molar-refractivity contribution in [2.75, 3.05) is 49.3 Å². The van der Waals surface area contributed by atoms with Gasteiger partial charge in [-0.05, 0) is 25.7 Å². The van der Waals surface area contributed by atoms with Crippen molar-refractivity contribution in [2.45, 2.75) is 19.8 Å². The van der Waals surface area contributed by atoms with Gasteiger partial charge in [0.1, 0.15) is 11.6 Å². The summed E-state index contributed by atoms with van der Waals surface area (Å²) >= 11 is 0. The van der Waals surface area contributed by atoms with Crippen LogP contribution in [0, 0.1) is 5.92 Å². The molecule has 0 aromatic carbocycles. The van der Waals surface area contributed by atoms with Crippen LogP contribution in [-0.4, -0.2) is 43.3 Å². The third-order valence-electron chi connectivity index (χ3n) is 3.27. The van der Waals surface area contributed by atoms with E-state index < -0.39 is 0 Å². The smallest absolute Gasteiger partial charge is 0.223 e. The molecule has 3 N–H and O–H groups in total.